The summed E-state index contributed by atoms with van der Waals surface area (Å²) >= 11 is 0. The first-order valence-corrected chi connectivity index (χ1v) is 9.82. The smallest absolute Gasteiger partial charge is 0.407 e. The number of nitriles is 1. The van der Waals surface area contributed by atoms with Crippen LogP contribution >= 0.6 is 0 Å². The minimum atomic E-state index is -0.904. The molecule has 2 heterocycles. The van der Waals surface area contributed by atoms with Gasteiger partial charge in [-0.15, -0.1) is 6.58 Å². The van der Waals surface area contributed by atoms with Gasteiger partial charge in [0.25, 0.3) is 0 Å². The molecule has 0 fully saturated rings. The third kappa shape index (κ3) is 4.18. The van der Waals surface area contributed by atoms with E-state index in [0.29, 0.717) is 23.3 Å². The summed E-state index contributed by atoms with van der Waals surface area (Å²) in [6, 6.07) is 7.44. The van der Waals surface area contributed by atoms with Gasteiger partial charge in [0, 0.05) is 35.4 Å². The Kier molecular flexibility index (Phi) is 5.62. The van der Waals surface area contributed by atoms with Gasteiger partial charge in [0.05, 0.1) is 12.5 Å². The fourth-order valence-electron chi connectivity index (χ4n) is 3.37. The van der Waals surface area contributed by atoms with Crippen molar-refractivity contribution in [2.24, 2.45) is 0 Å². The molecule has 1 amide bonds. The number of ether oxygens (including phenoxy) is 2. The van der Waals surface area contributed by atoms with Crippen LogP contribution < -0.4 is 15.7 Å². The Labute approximate surface area is 175 Å². The molecule has 1 aliphatic rings. The first-order valence-electron chi connectivity index (χ1n) is 9.82. The summed E-state index contributed by atoms with van der Waals surface area (Å²) in [6.45, 7) is 11.4. The van der Waals surface area contributed by atoms with E-state index in [1.807, 2.05) is 32.0 Å². The quantitative estimate of drug-likeness (QED) is 0.439. The van der Waals surface area contributed by atoms with Crippen molar-refractivity contribution in [3.8, 4) is 11.8 Å². The van der Waals surface area contributed by atoms with Crippen LogP contribution in [0.5, 0.6) is 5.75 Å². The number of rotatable bonds is 6. The van der Waals surface area contributed by atoms with Crippen LogP contribution in [-0.4, -0.2) is 24.3 Å². The van der Waals surface area contributed by atoms with Gasteiger partial charge in [-0.2, -0.15) is 5.26 Å². The Bertz CT molecular complexity index is 1090. The number of carbonyl (C=O) groups is 1. The summed E-state index contributed by atoms with van der Waals surface area (Å²) < 4.78 is 17.1. The molecule has 0 bridgehead atoms. The maximum atomic E-state index is 12.5. The summed E-state index contributed by atoms with van der Waals surface area (Å²) in [5, 5.41) is 11.9. The molecule has 3 rings (SSSR count). The fourth-order valence-corrected chi connectivity index (χ4v) is 3.37. The molecule has 0 saturated carbocycles. The fraction of sp³-hybridized carbons (Fsp3) is 0.435. The van der Waals surface area contributed by atoms with Gasteiger partial charge in [-0.3, -0.25) is 0 Å². The number of alkyl carbamates (subject to hydrolysis) is 1. The Morgan fingerprint density at radius 1 is 1.37 bits per heavy atom. The Balaban J connectivity index is 1.84. The monoisotopic (exact) mass is 410 g/mol. The molecule has 0 aliphatic carbocycles. The highest BCUT2D eigenvalue weighted by Gasteiger charge is 2.40. The predicted octanol–water partition coefficient (Wildman–Crippen LogP) is 3.98. The van der Waals surface area contributed by atoms with Crippen molar-refractivity contribution in [2.45, 2.75) is 57.7 Å². The second kappa shape index (κ2) is 7.86. The standard InChI is InChI=1S/C23H26N2O5/c1-6-22(2,3)16-11-14-10-15-12-19(28-17(15)13-18(14)29-20(16)26)23(4,5)30-21(27)25-9-7-8-24/h6,10-11,13,19H,1,7,9,12H2,2-5H3,(H,25,27)/t19-/m1/s1. The average molecular weight is 410 g/mol. The van der Waals surface area contributed by atoms with Crippen molar-refractivity contribution in [1.82, 2.24) is 5.32 Å². The van der Waals surface area contributed by atoms with E-state index in [-0.39, 0.29) is 13.0 Å². The van der Waals surface area contributed by atoms with Crippen LogP contribution in [-0.2, 0) is 16.6 Å². The van der Waals surface area contributed by atoms with Gasteiger partial charge in [0.2, 0.25) is 0 Å². The lowest BCUT2D eigenvalue weighted by atomic mass is 9.85. The Morgan fingerprint density at radius 3 is 2.77 bits per heavy atom. The van der Waals surface area contributed by atoms with E-state index in [1.165, 1.54) is 0 Å². The van der Waals surface area contributed by atoms with E-state index >= 15 is 0 Å². The van der Waals surface area contributed by atoms with Crippen LogP contribution in [0.1, 0.15) is 45.2 Å². The van der Waals surface area contributed by atoms with E-state index in [9.17, 15) is 9.59 Å². The minimum absolute atomic E-state index is 0.212. The normalized spacial score (nSPS) is 15.8. The van der Waals surface area contributed by atoms with Crippen molar-refractivity contribution in [2.75, 3.05) is 6.54 Å². The maximum absolute atomic E-state index is 12.5. The largest absolute Gasteiger partial charge is 0.485 e. The van der Waals surface area contributed by atoms with E-state index < -0.39 is 28.8 Å². The summed E-state index contributed by atoms with van der Waals surface area (Å²) in [7, 11) is 0. The molecule has 0 saturated heterocycles. The molecule has 1 aromatic heterocycles. The van der Waals surface area contributed by atoms with Crippen molar-refractivity contribution in [1.29, 1.82) is 5.26 Å². The van der Waals surface area contributed by atoms with Crippen LogP contribution in [0.25, 0.3) is 11.0 Å². The average Bonchev–Trinajstić information content (AvgIpc) is 3.09. The third-order valence-electron chi connectivity index (χ3n) is 5.43. The summed E-state index contributed by atoms with van der Waals surface area (Å²) in [5.74, 6) is 0.605. The number of nitrogens with one attached hydrogen (secondary N) is 1. The zero-order chi connectivity index (χ0) is 22.1. The molecule has 7 heteroatoms. The van der Waals surface area contributed by atoms with Gasteiger partial charge >= 0.3 is 11.7 Å². The van der Waals surface area contributed by atoms with Crippen molar-refractivity contribution in [3.63, 3.8) is 0 Å². The molecular weight excluding hydrogens is 384 g/mol. The second-order valence-electron chi connectivity index (χ2n) is 8.51. The van der Waals surface area contributed by atoms with E-state index in [4.69, 9.17) is 19.2 Å². The summed E-state index contributed by atoms with van der Waals surface area (Å²) in [4.78, 5) is 24.4. The lowest BCUT2D eigenvalue weighted by Crippen LogP contribution is -2.46. The van der Waals surface area contributed by atoms with Gasteiger partial charge in [-0.05, 0) is 31.5 Å². The van der Waals surface area contributed by atoms with E-state index in [1.54, 1.807) is 26.0 Å². The maximum Gasteiger partial charge on any atom is 0.407 e. The first kappa shape index (κ1) is 21.4. The topological polar surface area (TPSA) is 102 Å². The van der Waals surface area contributed by atoms with Gasteiger partial charge in [0.1, 0.15) is 23.0 Å². The predicted molar refractivity (Wildman–Crippen MR) is 113 cm³/mol. The van der Waals surface area contributed by atoms with E-state index in [2.05, 4.69) is 11.9 Å². The van der Waals surface area contributed by atoms with E-state index in [0.717, 1.165) is 10.9 Å². The Morgan fingerprint density at radius 2 is 2.10 bits per heavy atom. The highest BCUT2D eigenvalue weighted by molar-refractivity contribution is 5.80. The van der Waals surface area contributed by atoms with Gasteiger partial charge in [0.15, 0.2) is 0 Å². The van der Waals surface area contributed by atoms with Crippen LogP contribution in [0.2, 0.25) is 0 Å². The first-order chi connectivity index (χ1) is 14.1. The molecule has 0 radical (unpaired) electrons. The minimum Gasteiger partial charge on any atom is -0.485 e. The number of carbonyl (C=O) groups excluding carboxylic acids is 1. The van der Waals surface area contributed by atoms with Gasteiger partial charge in [-0.25, -0.2) is 9.59 Å². The number of nitrogens with zero attached hydrogens (tertiary/aromatic N) is 1. The highest BCUT2D eigenvalue weighted by atomic mass is 16.6. The molecular formula is C23H26N2O5. The molecule has 1 aromatic carbocycles. The molecule has 0 unspecified atom stereocenters. The molecule has 2 aromatic rings. The number of allylic oxidation sites excluding steroid dienone is 1. The van der Waals surface area contributed by atoms with Crippen LogP contribution in [0, 0.1) is 11.3 Å². The van der Waals surface area contributed by atoms with Gasteiger partial charge < -0.3 is 19.2 Å². The van der Waals surface area contributed by atoms with Crippen molar-refractivity contribution >= 4 is 17.1 Å². The second-order valence-corrected chi connectivity index (χ2v) is 8.51. The Hall–Kier alpha value is -3.27. The zero-order valence-corrected chi connectivity index (χ0v) is 17.7. The van der Waals surface area contributed by atoms with Crippen molar-refractivity contribution in [3.05, 3.63) is 52.4 Å². The molecule has 1 atom stereocenters. The summed E-state index contributed by atoms with van der Waals surface area (Å²) in [5.41, 5.74) is 0.110. The number of amides is 1. The SMILES string of the molecule is C=CC(C)(C)c1cc2cc3c(cc2oc1=O)O[C@@H](C(C)(C)OC(=O)NCCC#N)C3. The molecule has 0 spiro atoms. The number of fused-ring (bicyclic) bond motifs is 2. The van der Waals surface area contributed by atoms with Gasteiger partial charge in [-0.1, -0.05) is 19.9 Å². The summed E-state index contributed by atoms with van der Waals surface area (Å²) in [6.07, 6.45) is 1.48. The molecule has 1 aliphatic heterocycles. The molecule has 1 N–H and O–H groups in total. The number of hydrogen-bond acceptors (Lipinski definition) is 6. The zero-order valence-electron chi connectivity index (χ0n) is 17.7. The number of benzene rings is 1. The van der Waals surface area contributed by atoms with Crippen LogP contribution in [0.3, 0.4) is 0 Å². The van der Waals surface area contributed by atoms with Crippen LogP contribution in [0.4, 0.5) is 4.79 Å². The molecule has 158 valence electrons. The molecule has 30 heavy (non-hydrogen) atoms. The molecule has 7 nitrogen and oxygen atoms in total. The lowest BCUT2D eigenvalue weighted by Gasteiger charge is -2.30. The highest BCUT2D eigenvalue weighted by Crippen LogP contribution is 2.38. The third-order valence-corrected chi connectivity index (χ3v) is 5.43. The van der Waals surface area contributed by atoms with Crippen LogP contribution in [0.15, 0.2) is 40.1 Å². The lowest BCUT2D eigenvalue weighted by molar-refractivity contribution is -0.0367. The number of hydrogen-bond donors (Lipinski definition) is 1. The van der Waals surface area contributed by atoms with Crippen molar-refractivity contribution < 1.29 is 18.7 Å².